The van der Waals surface area contributed by atoms with E-state index < -0.39 is 5.41 Å². The molecule has 0 aromatic carbocycles. The van der Waals surface area contributed by atoms with Crippen LogP contribution in [-0.2, 0) is 9.53 Å². The number of ether oxygens (including phenoxy) is 1. The standard InChI is InChI=1S/C13H26N2O3/c1-10(2)11(3-6-16)15-12(17)13(9-14)4-7-18-8-5-13/h10-11,16H,3-9,14H2,1-2H3,(H,15,17). The van der Waals surface area contributed by atoms with E-state index in [-0.39, 0.29) is 18.6 Å². The summed E-state index contributed by atoms with van der Waals surface area (Å²) in [5.41, 5.74) is 5.31. The van der Waals surface area contributed by atoms with Crippen LogP contribution >= 0.6 is 0 Å². The number of nitrogens with one attached hydrogen (secondary N) is 1. The van der Waals surface area contributed by atoms with Crippen LogP contribution < -0.4 is 11.1 Å². The molecule has 0 aromatic rings. The first-order chi connectivity index (χ1) is 8.55. The van der Waals surface area contributed by atoms with Gasteiger partial charge in [-0.2, -0.15) is 0 Å². The van der Waals surface area contributed by atoms with Crippen molar-refractivity contribution in [1.82, 2.24) is 5.32 Å². The first-order valence-corrected chi connectivity index (χ1v) is 6.75. The van der Waals surface area contributed by atoms with Crippen LogP contribution in [0.4, 0.5) is 0 Å². The lowest BCUT2D eigenvalue weighted by Gasteiger charge is -2.36. The van der Waals surface area contributed by atoms with Gasteiger partial charge >= 0.3 is 0 Å². The van der Waals surface area contributed by atoms with Crippen LogP contribution in [0.2, 0.25) is 0 Å². The number of carbonyl (C=O) groups excluding carboxylic acids is 1. The van der Waals surface area contributed by atoms with E-state index in [1.165, 1.54) is 0 Å². The van der Waals surface area contributed by atoms with Crippen LogP contribution in [0.15, 0.2) is 0 Å². The Balaban J connectivity index is 2.65. The zero-order valence-corrected chi connectivity index (χ0v) is 11.4. The summed E-state index contributed by atoms with van der Waals surface area (Å²) in [5.74, 6) is 0.316. The molecule has 0 aliphatic carbocycles. The normalized spacial score (nSPS) is 20.7. The summed E-state index contributed by atoms with van der Waals surface area (Å²) in [6, 6.07) is 0.00812. The van der Waals surface area contributed by atoms with Gasteiger partial charge in [0.25, 0.3) is 0 Å². The average Bonchev–Trinajstić information content (AvgIpc) is 2.38. The fourth-order valence-corrected chi connectivity index (χ4v) is 2.32. The Morgan fingerprint density at radius 1 is 1.44 bits per heavy atom. The fraction of sp³-hybridized carbons (Fsp3) is 0.923. The predicted octanol–water partition coefficient (Wildman–Crippen LogP) is 0.265. The SMILES string of the molecule is CC(C)C(CCO)NC(=O)C1(CN)CCOCC1. The molecule has 1 fully saturated rings. The monoisotopic (exact) mass is 258 g/mol. The van der Waals surface area contributed by atoms with Gasteiger partial charge in [0, 0.05) is 32.4 Å². The first kappa shape index (κ1) is 15.4. The molecule has 0 spiro atoms. The Hall–Kier alpha value is -0.650. The fourth-order valence-electron chi connectivity index (χ4n) is 2.32. The van der Waals surface area contributed by atoms with E-state index in [9.17, 15) is 4.79 Å². The number of nitrogens with two attached hydrogens (primary N) is 1. The summed E-state index contributed by atoms with van der Waals surface area (Å²) in [7, 11) is 0. The average molecular weight is 258 g/mol. The molecule has 0 radical (unpaired) electrons. The predicted molar refractivity (Wildman–Crippen MR) is 70.0 cm³/mol. The van der Waals surface area contributed by atoms with E-state index in [1.807, 2.05) is 13.8 Å². The van der Waals surface area contributed by atoms with Crippen molar-refractivity contribution in [3.8, 4) is 0 Å². The van der Waals surface area contributed by atoms with Gasteiger partial charge in [0.2, 0.25) is 5.91 Å². The lowest BCUT2D eigenvalue weighted by Crippen LogP contribution is -2.53. The van der Waals surface area contributed by atoms with Crippen molar-refractivity contribution >= 4 is 5.91 Å². The second-order valence-electron chi connectivity index (χ2n) is 5.43. The molecule has 0 bridgehead atoms. The molecule has 1 unspecified atom stereocenters. The minimum Gasteiger partial charge on any atom is -0.396 e. The summed E-state index contributed by atoms with van der Waals surface area (Å²) in [5, 5.41) is 12.1. The van der Waals surface area contributed by atoms with Crippen molar-refractivity contribution in [1.29, 1.82) is 0 Å². The van der Waals surface area contributed by atoms with Crippen molar-refractivity contribution < 1.29 is 14.6 Å². The Kier molecular flexibility index (Phi) is 6.05. The van der Waals surface area contributed by atoms with Gasteiger partial charge in [-0.05, 0) is 25.2 Å². The summed E-state index contributed by atoms with van der Waals surface area (Å²) in [6.07, 6.45) is 1.94. The Bertz CT molecular complexity index is 263. The van der Waals surface area contributed by atoms with Crippen LogP contribution in [0, 0.1) is 11.3 Å². The van der Waals surface area contributed by atoms with E-state index in [2.05, 4.69) is 5.32 Å². The molecule has 4 N–H and O–H groups in total. The molecule has 1 heterocycles. The highest BCUT2D eigenvalue weighted by Gasteiger charge is 2.39. The van der Waals surface area contributed by atoms with E-state index in [1.54, 1.807) is 0 Å². The van der Waals surface area contributed by atoms with Gasteiger partial charge in [-0.3, -0.25) is 4.79 Å². The molecule has 1 atom stereocenters. The van der Waals surface area contributed by atoms with Crippen LogP contribution in [0.3, 0.4) is 0 Å². The molecule has 1 aliphatic rings. The number of hydrogen-bond acceptors (Lipinski definition) is 4. The molecule has 0 aromatic heterocycles. The van der Waals surface area contributed by atoms with Gasteiger partial charge in [-0.1, -0.05) is 13.8 Å². The van der Waals surface area contributed by atoms with Crippen molar-refractivity contribution in [3.63, 3.8) is 0 Å². The Morgan fingerprint density at radius 2 is 2.06 bits per heavy atom. The van der Waals surface area contributed by atoms with Gasteiger partial charge in [0.1, 0.15) is 0 Å². The van der Waals surface area contributed by atoms with Crippen molar-refractivity contribution in [2.24, 2.45) is 17.1 Å². The molecular formula is C13H26N2O3. The van der Waals surface area contributed by atoms with Crippen LogP contribution in [0.1, 0.15) is 33.1 Å². The number of carbonyl (C=O) groups is 1. The molecule has 0 saturated carbocycles. The van der Waals surface area contributed by atoms with Crippen molar-refractivity contribution in [3.05, 3.63) is 0 Å². The molecule has 5 heteroatoms. The zero-order valence-electron chi connectivity index (χ0n) is 11.4. The number of amides is 1. The molecule has 106 valence electrons. The molecule has 1 amide bonds. The van der Waals surface area contributed by atoms with E-state index >= 15 is 0 Å². The van der Waals surface area contributed by atoms with Gasteiger partial charge in [-0.15, -0.1) is 0 Å². The largest absolute Gasteiger partial charge is 0.396 e. The second-order valence-corrected chi connectivity index (χ2v) is 5.43. The summed E-state index contributed by atoms with van der Waals surface area (Å²) in [6.45, 7) is 5.71. The summed E-state index contributed by atoms with van der Waals surface area (Å²) in [4.78, 5) is 12.4. The quantitative estimate of drug-likeness (QED) is 0.638. The summed E-state index contributed by atoms with van der Waals surface area (Å²) < 4.78 is 5.30. The minimum atomic E-state index is -0.485. The number of hydrogen-bond donors (Lipinski definition) is 3. The summed E-state index contributed by atoms with van der Waals surface area (Å²) >= 11 is 0. The van der Waals surface area contributed by atoms with Crippen molar-refractivity contribution in [2.45, 2.75) is 39.2 Å². The van der Waals surface area contributed by atoms with Crippen LogP contribution in [0.25, 0.3) is 0 Å². The van der Waals surface area contributed by atoms with Gasteiger partial charge < -0.3 is 20.9 Å². The van der Waals surface area contributed by atoms with E-state index in [4.69, 9.17) is 15.6 Å². The Morgan fingerprint density at radius 3 is 2.50 bits per heavy atom. The first-order valence-electron chi connectivity index (χ1n) is 6.75. The molecule has 5 nitrogen and oxygen atoms in total. The maximum Gasteiger partial charge on any atom is 0.227 e. The van der Waals surface area contributed by atoms with Gasteiger partial charge in [-0.25, -0.2) is 0 Å². The topological polar surface area (TPSA) is 84.6 Å². The molecule has 1 aliphatic heterocycles. The van der Waals surface area contributed by atoms with Crippen molar-refractivity contribution in [2.75, 3.05) is 26.4 Å². The second kappa shape index (κ2) is 7.07. The van der Waals surface area contributed by atoms with Gasteiger partial charge in [0.15, 0.2) is 0 Å². The smallest absolute Gasteiger partial charge is 0.227 e. The highest BCUT2D eigenvalue weighted by Crippen LogP contribution is 2.30. The van der Waals surface area contributed by atoms with Crippen LogP contribution in [-0.4, -0.2) is 43.4 Å². The number of rotatable bonds is 6. The maximum absolute atomic E-state index is 12.4. The lowest BCUT2D eigenvalue weighted by molar-refractivity contribution is -0.137. The third-order valence-corrected chi connectivity index (χ3v) is 3.88. The highest BCUT2D eigenvalue weighted by atomic mass is 16.5. The molecule has 1 rings (SSSR count). The van der Waals surface area contributed by atoms with Crippen LogP contribution in [0.5, 0.6) is 0 Å². The maximum atomic E-state index is 12.4. The lowest BCUT2D eigenvalue weighted by atomic mass is 9.79. The molecular weight excluding hydrogens is 232 g/mol. The minimum absolute atomic E-state index is 0.00812. The Labute approximate surface area is 109 Å². The molecule has 1 saturated heterocycles. The number of aliphatic hydroxyl groups excluding tert-OH is 1. The molecule has 18 heavy (non-hydrogen) atoms. The highest BCUT2D eigenvalue weighted by molar-refractivity contribution is 5.83. The zero-order chi connectivity index (χ0) is 13.6. The van der Waals surface area contributed by atoms with E-state index in [0.717, 1.165) is 0 Å². The number of aliphatic hydroxyl groups is 1. The third-order valence-electron chi connectivity index (χ3n) is 3.88. The third kappa shape index (κ3) is 3.67. The van der Waals surface area contributed by atoms with Gasteiger partial charge in [0.05, 0.1) is 5.41 Å². The van der Waals surface area contributed by atoms with E-state index in [0.29, 0.717) is 44.9 Å².